The Morgan fingerprint density at radius 1 is 1.06 bits per heavy atom. The van der Waals surface area contributed by atoms with E-state index in [1.165, 1.54) is 0 Å². The van der Waals surface area contributed by atoms with Gasteiger partial charge in [-0.2, -0.15) is 4.80 Å². The summed E-state index contributed by atoms with van der Waals surface area (Å²) in [6, 6.07) is 15.6. The van der Waals surface area contributed by atoms with E-state index in [0.29, 0.717) is 50.7 Å². The molecule has 0 saturated heterocycles. The van der Waals surface area contributed by atoms with Crippen molar-refractivity contribution in [3.8, 4) is 22.9 Å². The average molecular weight is 452 g/mol. The third-order valence-corrected chi connectivity index (χ3v) is 5.14. The Bertz CT molecular complexity index is 1010. The molecule has 33 heavy (non-hydrogen) atoms. The van der Waals surface area contributed by atoms with Gasteiger partial charge in [0.15, 0.2) is 11.5 Å². The first-order valence-corrected chi connectivity index (χ1v) is 11.5. The maximum atomic E-state index is 12.9. The van der Waals surface area contributed by atoms with Gasteiger partial charge in [0, 0.05) is 25.1 Å². The zero-order valence-corrected chi connectivity index (χ0v) is 19.7. The number of ether oxygens (including phenoxy) is 2. The zero-order chi connectivity index (χ0) is 23.5. The first-order valence-electron chi connectivity index (χ1n) is 11.5. The first-order chi connectivity index (χ1) is 16.1. The Kier molecular flexibility index (Phi) is 9.23. The Labute approximate surface area is 195 Å². The molecule has 0 spiro atoms. The largest absolute Gasteiger partial charge is 0.493 e. The highest BCUT2D eigenvalue weighted by Crippen LogP contribution is 2.29. The summed E-state index contributed by atoms with van der Waals surface area (Å²) < 4.78 is 11.2. The lowest BCUT2D eigenvalue weighted by Crippen LogP contribution is -2.31. The van der Waals surface area contributed by atoms with E-state index in [-0.39, 0.29) is 5.91 Å². The van der Waals surface area contributed by atoms with Crippen molar-refractivity contribution < 1.29 is 14.3 Å². The van der Waals surface area contributed by atoms with Gasteiger partial charge in [0.25, 0.3) is 0 Å². The fourth-order valence-electron chi connectivity index (χ4n) is 3.49. The number of aromatic nitrogens is 4. The summed E-state index contributed by atoms with van der Waals surface area (Å²) in [6.45, 7) is 6.57. The van der Waals surface area contributed by atoms with Crippen molar-refractivity contribution in [3.63, 3.8) is 0 Å². The minimum atomic E-state index is 0.116. The maximum absolute atomic E-state index is 12.9. The number of methoxy groups -OCH3 is 1. The third-order valence-electron chi connectivity index (χ3n) is 5.14. The number of hydrogen-bond donors (Lipinski definition) is 0. The molecule has 0 bridgehead atoms. The fraction of sp³-hybridized carbons (Fsp3) is 0.440. The van der Waals surface area contributed by atoms with Gasteiger partial charge in [-0.15, -0.1) is 10.2 Å². The highest BCUT2D eigenvalue weighted by molar-refractivity contribution is 5.76. The van der Waals surface area contributed by atoms with Crippen LogP contribution in [0.5, 0.6) is 11.5 Å². The van der Waals surface area contributed by atoms with Crippen molar-refractivity contribution in [2.75, 3.05) is 20.3 Å². The third kappa shape index (κ3) is 7.03. The molecule has 3 rings (SSSR count). The quantitative estimate of drug-likeness (QED) is 0.384. The van der Waals surface area contributed by atoms with Crippen LogP contribution in [0.1, 0.15) is 45.1 Å². The van der Waals surface area contributed by atoms with E-state index < -0.39 is 0 Å². The van der Waals surface area contributed by atoms with E-state index in [1.54, 1.807) is 11.9 Å². The monoisotopic (exact) mass is 451 g/mol. The number of hydrogen-bond acceptors (Lipinski definition) is 6. The molecule has 1 heterocycles. The predicted octanol–water partition coefficient (Wildman–Crippen LogP) is 4.36. The Morgan fingerprint density at radius 3 is 2.61 bits per heavy atom. The van der Waals surface area contributed by atoms with Crippen LogP contribution in [0.4, 0.5) is 0 Å². The van der Waals surface area contributed by atoms with Crippen LogP contribution in [-0.4, -0.2) is 51.3 Å². The molecule has 0 radical (unpaired) electrons. The molecule has 0 unspecified atom stereocenters. The summed E-state index contributed by atoms with van der Waals surface area (Å²) in [5.41, 5.74) is 1.94. The predicted molar refractivity (Wildman–Crippen MR) is 127 cm³/mol. The standard InChI is InChI=1S/C25H33N5O3/c1-4-15-29(19-20-13-14-22(33-17-5-2)23(18-20)32-3)24(31)12-9-16-30-27-25(26-28-30)21-10-7-6-8-11-21/h6-8,10-11,13-14,18H,4-5,9,12,15-17,19H2,1-3H3. The minimum Gasteiger partial charge on any atom is -0.493 e. The molecule has 8 heteroatoms. The van der Waals surface area contributed by atoms with Crippen LogP contribution in [-0.2, 0) is 17.9 Å². The summed E-state index contributed by atoms with van der Waals surface area (Å²) in [5, 5.41) is 12.6. The lowest BCUT2D eigenvalue weighted by atomic mass is 10.1. The van der Waals surface area contributed by atoms with E-state index >= 15 is 0 Å². The number of tetrazole rings is 1. The number of nitrogens with zero attached hydrogens (tertiary/aromatic N) is 5. The summed E-state index contributed by atoms with van der Waals surface area (Å²) in [5.74, 6) is 2.13. The fourth-order valence-corrected chi connectivity index (χ4v) is 3.49. The molecule has 0 aliphatic heterocycles. The lowest BCUT2D eigenvalue weighted by molar-refractivity contribution is -0.132. The van der Waals surface area contributed by atoms with Crippen LogP contribution >= 0.6 is 0 Å². The summed E-state index contributed by atoms with van der Waals surface area (Å²) in [4.78, 5) is 16.4. The topological polar surface area (TPSA) is 82.4 Å². The van der Waals surface area contributed by atoms with Gasteiger partial charge in [-0.1, -0.05) is 50.2 Å². The summed E-state index contributed by atoms with van der Waals surface area (Å²) >= 11 is 0. The second-order valence-corrected chi connectivity index (χ2v) is 7.83. The second-order valence-electron chi connectivity index (χ2n) is 7.83. The summed E-state index contributed by atoms with van der Waals surface area (Å²) in [6.07, 6.45) is 2.90. The van der Waals surface area contributed by atoms with Gasteiger partial charge in [0.05, 0.1) is 20.3 Å². The molecule has 0 fully saturated rings. The van der Waals surface area contributed by atoms with E-state index in [0.717, 1.165) is 29.7 Å². The normalized spacial score (nSPS) is 10.8. The van der Waals surface area contributed by atoms with E-state index in [9.17, 15) is 4.79 Å². The molecule has 176 valence electrons. The van der Waals surface area contributed by atoms with Crippen molar-refractivity contribution in [3.05, 3.63) is 54.1 Å². The number of rotatable bonds is 13. The molecule has 0 N–H and O–H groups in total. The molecular formula is C25H33N5O3. The maximum Gasteiger partial charge on any atom is 0.222 e. The average Bonchev–Trinajstić information content (AvgIpc) is 3.32. The first kappa shape index (κ1) is 24.2. The molecular weight excluding hydrogens is 418 g/mol. The SMILES string of the molecule is CCCOc1ccc(CN(CCC)C(=O)CCCn2nnc(-c3ccccc3)n2)cc1OC. The molecule has 0 atom stereocenters. The van der Waals surface area contributed by atoms with Crippen LogP contribution in [0.15, 0.2) is 48.5 Å². The van der Waals surface area contributed by atoms with Crippen LogP contribution in [0.3, 0.4) is 0 Å². The van der Waals surface area contributed by atoms with Gasteiger partial charge >= 0.3 is 0 Å². The highest BCUT2D eigenvalue weighted by Gasteiger charge is 2.15. The van der Waals surface area contributed by atoms with E-state index in [4.69, 9.17) is 9.47 Å². The van der Waals surface area contributed by atoms with Crippen LogP contribution in [0, 0.1) is 0 Å². The van der Waals surface area contributed by atoms with Crippen molar-refractivity contribution in [2.45, 2.75) is 52.6 Å². The van der Waals surface area contributed by atoms with Gasteiger partial charge in [0.1, 0.15) is 0 Å². The van der Waals surface area contributed by atoms with Gasteiger partial charge in [0.2, 0.25) is 11.7 Å². The van der Waals surface area contributed by atoms with Crippen molar-refractivity contribution in [2.24, 2.45) is 0 Å². The molecule has 2 aromatic carbocycles. The van der Waals surface area contributed by atoms with Crippen molar-refractivity contribution in [1.82, 2.24) is 25.1 Å². The van der Waals surface area contributed by atoms with Gasteiger partial charge in [-0.3, -0.25) is 4.79 Å². The van der Waals surface area contributed by atoms with Crippen LogP contribution in [0.25, 0.3) is 11.4 Å². The number of carbonyl (C=O) groups is 1. The molecule has 0 saturated carbocycles. The van der Waals surface area contributed by atoms with Gasteiger partial charge in [-0.25, -0.2) is 0 Å². The van der Waals surface area contributed by atoms with Crippen molar-refractivity contribution in [1.29, 1.82) is 0 Å². The van der Waals surface area contributed by atoms with E-state index in [1.807, 2.05) is 53.4 Å². The smallest absolute Gasteiger partial charge is 0.222 e. The van der Waals surface area contributed by atoms with Crippen molar-refractivity contribution >= 4 is 5.91 Å². The van der Waals surface area contributed by atoms with E-state index in [2.05, 4.69) is 29.3 Å². The number of carbonyl (C=O) groups excluding carboxylic acids is 1. The lowest BCUT2D eigenvalue weighted by Gasteiger charge is -2.23. The van der Waals surface area contributed by atoms with Crippen LogP contribution < -0.4 is 9.47 Å². The molecule has 1 amide bonds. The molecule has 0 aliphatic carbocycles. The number of amides is 1. The number of aryl methyl sites for hydroxylation is 1. The Balaban J connectivity index is 1.55. The van der Waals surface area contributed by atoms with Gasteiger partial charge in [-0.05, 0) is 42.2 Å². The molecule has 3 aromatic rings. The molecule has 1 aromatic heterocycles. The zero-order valence-electron chi connectivity index (χ0n) is 19.7. The van der Waals surface area contributed by atoms with Gasteiger partial charge < -0.3 is 14.4 Å². The highest BCUT2D eigenvalue weighted by atomic mass is 16.5. The second kappa shape index (κ2) is 12.6. The summed E-state index contributed by atoms with van der Waals surface area (Å²) in [7, 11) is 1.63. The minimum absolute atomic E-state index is 0.116. The molecule has 8 nitrogen and oxygen atoms in total. The Hall–Kier alpha value is -3.42. The number of benzene rings is 2. The molecule has 0 aliphatic rings. The van der Waals surface area contributed by atoms with Crippen LogP contribution in [0.2, 0.25) is 0 Å². The Morgan fingerprint density at radius 2 is 1.88 bits per heavy atom.